The highest BCUT2D eigenvalue weighted by Gasteiger charge is 2.25. The Labute approximate surface area is 505 Å². The molecule has 0 amide bonds. The number of allylic oxidation sites excluding steroid dienone is 16. The largest absolute Gasteiger partial charge is 0.477 e. The van der Waals surface area contributed by atoms with E-state index in [4.69, 9.17) is 18.9 Å². The van der Waals surface area contributed by atoms with Crippen LogP contribution in [0.3, 0.4) is 0 Å². The van der Waals surface area contributed by atoms with Gasteiger partial charge in [0.2, 0.25) is 0 Å². The molecule has 0 aromatic rings. The number of carboxylic acid groups (broad SMARTS) is 1. The number of hydrogen-bond donors (Lipinski definition) is 1. The van der Waals surface area contributed by atoms with E-state index >= 15 is 0 Å². The second-order valence-electron chi connectivity index (χ2n) is 23.7. The number of unbranched alkanes of at least 4 members (excludes halogenated alkanes) is 31. The molecular formula is C73H128NO8+. The van der Waals surface area contributed by atoms with Crippen LogP contribution in [0.25, 0.3) is 0 Å². The quantitative estimate of drug-likeness (QED) is 0.0211. The van der Waals surface area contributed by atoms with Crippen molar-refractivity contribution in [2.45, 2.75) is 302 Å². The summed E-state index contributed by atoms with van der Waals surface area (Å²) in [7, 11) is 5.97. The number of nitrogens with zero attached hydrogens (tertiary/aromatic N) is 1. The Balaban J connectivity index is 3.99. The van der Waals surface area contributed by atoms with Crippen LogP contribution < -0.4 is 0 Å². The van der Waals surface area contributed by atoms with Crippen molar-refractivity contribution in [1.29, 1.82) is 0 Å². The zero-order valence-corrected chi connectivity index (χ0v) is 53.9. The summed E-state index contributed by atoms with van der Waals surface area (Å²) in [6.07, 6.45) is 83.9. The topological polar surface area (TPSA) is 108 Å². The number of carbonyl (C=O) groups is 3. The molecule has 0 radical (unpaired) electrons. The van der Waals surface area contributed by atoms with Crippen LogP contribution in [0.5, 0.6) is 0 Å². The number of rotatable bonds is 62. The first-order valence-corrected chi connectivity index (χ1v) is 33.9. The minimum absolute atomic E-state index is 0.184. The van der Waals surface area contributed by atoms with E-state index in [0.29, 0.717) is 11.0 Å². The van der Waals surface area contributed by atoms with Gasteiger partial charge in [0.05, 0.1) is 34.4 Å². The normalized spacial score (nSPS) is 13.3. The number of quaternary nitrogens is 1. The highest BCUT2D eigenvalue weighted by Crippen LogP contribution is 2.17. The van der Waals surface area contributed by atoms with Gasteiger partial charge < -0.3 is 28.5 Å². The molecule has 0 heterocycles. The molecule has 0 bridgehead atoms. The van der Waals surface area contributed by atoms with Gasteiger partial charge in [-0.25, -0.2) is 4.79 Å². The monoisotopic (exact) mass is 1150 g/mol. The van der Waals surface area contributed by atoms with Gasteiger partial charge in [0.1, 0.15) is 13.2 Å². The van der Waals surface area contributed by atoms with Crippen LogP contribution in [0.4, 0.5) is 0 Å². The minimum atomic E-state index is -1.52. The molecule has 0 saturated heterocycles. The van der Waals surface area contributed by atoms with Gasteiger partial charge in [-0.05, 0) is 96.3 Å². The maximum Gasteiger partial charge on any atom is 0.361 e. The van der Waals surface area contributed by atoms with Crippen LogP contribution in [0.2, 0.25) is 0 Å². The molecule has 0 aromatic heterocycles. The predicted octanol–water partition coefficient (Wildman–Crippen LogP) is 20.9. The molecule has 0 rings (SSSR count). The first-order chi connectivity index (χ1) is 40.1. The molecule has 2 atom stereocenters. The van der Waals surface area contributed by atoms with E-state index in [2.05, 4.69) is 111 Å². The second-order valence-corrected chi connectivity index (χ2v) is 23.7. The van der Waals surface area contributed by atoms with Gasteiger partial charge in [0, 0.05) is 12.8 Å². The lowest BCUT2D eigenvalue weighted by Gasteiger charge is -2.25. The molecule has 0 saturated carbocycles. The maximum atomic E-state index is 12.9. The zero-order chi connectivity index (χ0) is 59.8. The smallest absolute Gasteiger partial charge is 0.361 e. The third-order valence-electron chi connectivity index (χ3n) is 14.6. The van der Waals surface area contributed by atoms with Gasteiger partial charge >= 0.3 is 17.9 Å². The molecular weight excluding hydrogens is 1020 g/mol. The Bertz CT molecular complexity index is 1670. The summed E-state index contributed by atoms with van der Waals surface area (Å²) in [5, 5.41) is 9.72. The van der Waals surface area contributed by atoms with Crippen molar-refractivity contribution in [3.05, 3.63) is 97.2 Å². The summed E-state index contributed by atoms with van der Waals surface area (Å²) >= 11 is 0. The molecule has 0 aromatic carbocycles. The van der Waals surface area contributed by atoms with Crippen LogP contribution in [0.15, 0.2) is 97.2 Å². The van der Waals surface area contributed by atoms with Gasteiger partial charge in [0.25, 0.3) is 6.29 Å². The highest BCUT2D eigenvalue weighted by atomic mass is 16.7. The summed E-state index contributed by atoms with van der Waals surface area (Å²) in [6.45, 7) is 4.75. The fourth-order valence-electron chi connectivity index (χ4n) is 9.40. The SMILES string of the molecule is CC/C=C\C/C=C\C/C=C\C/C=C\C/C=C\C/C=C\CCCCCCCCCCCCCCCCCCCCCCCCC(=O)OC(COC(=O)CCCCCCC/C=C\C/C=C\CCCCCC)COC(OCC[N+](C)(C)C)C(=O)O. The van der Waals surface area contributed by atoms with E-state index in [1.807, 2.05) is 21.1 Å². The average Bonchev–Trinajstić information content (AvgIpc) is 3.45. The number of carbonyl (C=O) groups excluding carboxylic acids is 2. The fraction of sp³-hybridized carbons (Fsp3) is 0.740. The Hall–Kier alpha value is -3.79. The fourth-order valence-corrected chi connectivity index (χ4v) is 9.40. The van der Waals surface area contributed by atoms with Crippen molar-refractivity contribution in [3.8, 4) is 0 Å². The summed E-state index contributed by atoms with van der Waals surface area (Å²) in [5.41, 5.74) is 0. The standard InChI is InChI=1S/C73H127NO8/c1-6-8-10-12-14-16-18-20-22-24-25-26-27-28-29-30-31-32-33-34-35-36-37-38-39-40-41-42-43-44-45-46-47-48-50-52-54-56-58-60-62-64-71(76)82-69(68-81-73(72(77)78)79-66-65-74(3,4)5)67-80-70(75)63-61-59-57-55-53-51-49-23-21-19-17-15-13-11-9-7-2/h8,10,14,16-17,19-20,22-23,25-26,28-29,31-32,49,69,73H,6-7,9,11-13,15,18,21,24,27,30,33-48,50-68H2,1-5H3/p+1/b10-8-,16-14-,19-17-,22-20-,26-25-,29-28-,32-31-,49-23-. The highest BCUT2D eigenvalue weighted by molar-refractivity contribution is 5.71. The Morgan fingerprint density at radius 2 is 0.695 bits per heavy atom. The van der Waals surface area contributed by atoms with Crippen LogP contribution in [0.1, 0.15) is 290 Å². The van der Waals surface area contributed by atoms with Gasteiger partial charge in [-0.15, -0.1) is 0 Å². The maximum absolute atomic E-state index is 12.9. The molecule has 2 unspecified atom stereocenters. The van der Waals surface area contributed by atoms with Crippen LogP contribution in [-0.2, 0) is 33.3 Å². The van der Waals surface area contributed by atoms with Gasteiger partial charge in [0.15, 0.2) is 6.10 Å². The molecule has 9 heteroatoms. The van der Waals surface area contributed by atoms with E-state index in [-0.39, 0.29) is 38.6 Å². The van der Waals surface area contributed by atoms with Crippen molar-refractivity contribution in [1.82, 2.24) is 0 Å². The molecule has 82 heavy (non-hydrogen) atoms. The molecule has 472 valence electrons. The lowest BCUT2D eigenvalue weighted by Crippen LogP contribution is -2.40. The number of ether oxygens (including phenoxy) is 4. The molecule has 9 nitrogen and oxygen atoms in total. The summed E-state index contributed by atoms with van der Waals surface area (Å²) in [5.74, 6) is -2.01. The van der Waals surface area contributed by atoms with Gasteiger partial charge in [-0.3, -0.25) is 9.59 Å². The van der Waals surface area contributed by atoms with E-state index in [1.54, 1.807) is 0 Å². The molecule has 0 fully saturated rings. The van der Waals surface area contributed by atoms with E-state index in [9.17, 15) is 19.5 Å². The summed E-state index contributed by atoms with van der Waals surface area (Å²) < 4.78 is 22.9. The third kappa shape index (κ3) is 63.8. The van der Waals surface area contributed by atoms with Gasteiger partial charge in [-0.2, -0.15) is 0 Å². The van der Waals surface area contributed by atoms with E-state index in [0.717, 1.165) is 103 Å². The summed E-state index contributed by atoms with van der Waals surface area (Å²) in [6, 6.07) is 0. The number of carboxylic acids is 1. The number of hydrogen-bond acceptors (Lipinski definition) is 7. The van der Waals surface area contributed by atoms with E-state index < -0.39 is 24.3 Å². The molecule has 0 aliphatic carbocycles. The summed E-state index contributed by atoms with van der Waals surface area (Å²) in [4.78, 5) is 37.5. The first-order valence-electron chi connectivity index (χ1n) is 33.9. The van der Waals surface area contributed by atoms with Crippen molar-refractivity contribution < 1.29 is 42.9 Å². The molecule has 1 N–H and O–H groups in total. The number of esters is 2. The van der Waals surface area contributed by atoms with Crippen molar-refractivity contribution >= 4 is 17.9 Å². The van der Waals surface area contributed by atoms with Crippen molar-refractivity contribution in [2.24, 2.45) is 0 Å². The lowest BCUT2D eigenvalue weighted by atomic mass is 10.0. The van der Waals surface area contributed by atoms with Crippen LogP contribution in [0, 0.1) is 0 Å². The van der Waals surface area contributed by atoms with Crippen molar-refractivity contribution in [3.63, 3.8) is 0 Å². The molecule has 0 aliphatic rings. The first kappa shape index (κ1) is 78.2. The lowest BCUT2D eigenvalue weighted by molar-refractivity contribution is -0.870. The third-order valence-corrected chi connectivity index (χ3v) is 14.6. The average molecular weight is 1150 g/mol. The van der Waals surface area contributed by atoms with Crippen LogP contribution >= 0.6 is 0 Å². The molecule has 0 spiro atoms. The van der Waals surface area contributed by atoms with Crippen molar-refractivity contribution in [2.75, 3.05) is 47.5 Å². The Kier molecular flexibility index (Phi) is 60.3. The minimum Gasteiger partial charge on any atom is -0.477 e. The number of likely N-dealkylation sites (N-methyl/N-ethyl adjacent to an activating group) is 1. The molecule has 0 aliphatic heterocycles. The van der Waals surface area contributed by atoms with Gasteiger partial charge in [-0.1, -0.05) is 278 Å². The van der Waals surface area contributed by atoms with Crippen LogP contribution in [-0.4, -0.2) is 87.4 Å². The second kappa shape index (κ2) is 63.2. The Morgan fingerprint density at radius 3 is 1.04 bits per heavy atom. The number of aliphatic carboxylic acids is 1. The van der Waals surface area contributed by atoms with E-state index in [1.165, 1.54) is 161 Å². The zero-order valence-electron chi connectivity index (χ0n) is 53.9. The Morgan fingerprint density at radius 1 is 0.378 bits per heavy atom. The predicted molar refractivity (Wildman–Crippen MR) is 350 cm³/mol.